The van der Waals surface area contributed by atoms with Crippen LogP contribution in [0.4, 0.5) is 0 Å². The maximum atomic E-state index is 14.5. The number of amides is 4. The second-order valence-electron chi connectivity index (χ2n) is 15.5. The zero-order chi connectivity index (χ0) is 35.4. The van der Waals surface area contributed by atoms with Gasteiger partial charge in [0.15, 0.2) is 0 Å². The average Bonchev–Trinajstić information content (AvgIpc) is 3.03. The predicted octanol–water partition coefficient (Wildman–Crippen LogP) is 8.94. The summed E-state index contributed by atoms with van der Waals surface area (Å²) >= 11 is 0. The number of hydrogen-bond donors (Lipinski definition) is 0. The Bertz CT molecular complexity index is 2300. The molecule has 0 unspecified atom stereocenters. The quantitative estimate of drug-likeness (QED) is 0.0596. The first kappa shape index (κ1) is 33.0. The highest BCUT2D eigenvalue weighted by molar-refractivity contribution is 6.64. The van der Waals surface area contributed by atoms with Gasteiger partial charge in [0, 0.05) is 61.4 Å². The van der Waals surface area contributed by atoms with Gasteiger partial charge in [0.05, 0.1) is 0 Å². The van der Waals surface area contributed by atoms with Crippen molar-refractivity contribution < 1.29 is 19.2 Å². The topological polar surface area (TPSA) is 74.8 Å². The van der Waals surface area contributed by atoms with Crippen LogP contribution in [0, 0.1) is 35.1 Å². The van der Waals surface area contributed by atoms with Crippen LogP contribution < -0.4 is 0 Å². The number of benzene rings is 5. The molecule has 2 heterocycles. The van der Waals surface area contributed by atoms with Gasteiger partial charge in [0.2, 0.25) is 0 Å². The Labute approximate surface area is 289 Å². The van der Waals surface area contributed by atoms with Crippen LogP contribution in [0.5, 0.6) is 0 Å². The number of carbonyl (C=O) groups is 4. The van der Waals surface area contributed by atoms with E-state index in [0.717, 1.165) is 37.9 Å². The molecule has 5 aromatic rings. The molecule has 7 heteroatoms. The van der Waals surface area contributed by atoms with E-state index in [1.807, 2.05) is 42.5 Å². The fourth-order valence-electron chi connectivity index (χ4n) is 8.97. The number of carbonyl (C=O) groups excluding carboxylic acids is 4. The summed E-state index contributed by atoms with van der Waals surface area (Å²) in [6.07, 6.45) is 0. The molecule has 49 heavy (non-hydrogen) atoms. The molecular formula is C42H43N2O4Si. The van der Waals surface area contributed by atoms with E-state index in [-0.39, 0.29) is 59.4 Å². The predicted molar refractivity (Wildman–Crippen MR) is 200 cm³/mol. The van der Waals surface area contributed by atoms with E-state index in [0.29, 0.717) is 33.0 Å². The number of imide groups is 2. The van der Waals surface area contributed by atoms with Crippen molar-refractivity contribution >= 4 is 75.5 Å². The molecule has 1 radical (unpaired) electrons. The van der Waals surface area contributed by atoms with Crippen LogP contribution in [0.1, 0.15) is 102 Å². The molecule has 4 amide bonds. The van der Waals surface area contributed by atoms with Crippen LogP contribution in [-0.2, 0) is 0 Å². The smallest absolute Gasteiger partial charge is 0.261 e. The first-order valence-electron chi connectivity index (χ1n) is 17.5. The Hall–Kier alpha value is -4.54. The van der Waals surface area contributed by atoms with E-state index in [2.05, 4.69) is 79.9 Å². The van der Waals surface area contributed by atoms with E-state index in [1.165, 1.54) is 9.80 Å². The van der Waals surface area contributed by atoms with Crippen molar-refractivity contribution in [2.75, 3.05) is 0 Å². The lowest BCUT2D eigenvalue weighted by Gasteiger charge is -2.39. The van der Waals surface area contributed by atoms with Crippen LogP contribution in [0.25, 0.3) is 43.1 Å². The summed E-state index contributed by atoms with van der Waals surface area (Å²) in [5.74, 6) is 2.70. The number of fused-ring (bicyclic) bond motifs is 2. The summed E-state index contributed by atoms with van der Waals surface area (Å²) in [6.45, 7) is 20.7. The third kappa shape index (κ3) is 4.60. The number of nitrogens with zero attached hydrogens (tertiary/aromatic N) is 2. The fraction of sp³-hybridized carbons (Fsp3) is 0.381. The second-order valence-corrected chi connectivity index (χ2v) is 17.7. The molecule has 0 aliphatic carbocycles. The Morgan fingerprint density at radius 1 is 0.490 bits per heavy atom. The minimum Gasteiger partial charge on any atom is -0.271 e. The molecule has 5 aromatic carbocycles. The summed E-state index contributed by atoms with van der Waals surface area (Å²) in [5, 5.41) is 6.46. The lowest BCUT2D eigenvalue weighted by molar-refractivity contribution is 0.0423. The van der Waals surface area contributed by atoms with Gasteiger partial charge in [-0.15, -0.1) is 5.54 Å². The van der Waals surface area contributed by atoms with E-state index >= 15 is 0 Å². The van der Waals surface area contributed by atoms with Gasteiger partial charge in [-0.05, 0) is 69.5 Å². The Kier molecular flexibility index (Phi) is 7.75. The third-order valence-electron chi connectivity index (χ3n) is 10.6. The standard InChI is InChI=1S/C42H43N2O4Si/c1-20(2)37(21(3)4)43-39(45)28-14-11-25-26-12-15-30-35-31(42(48)44(41(30)47)38(22(5)6)23(7)8)19-24(17-18-49(9)10)32(36(26)35)27-13-16-29(40(43)46)34(28)33(25)27/h11-16,19-23,37-38H,1-10H3. The SMILES string of the molecule is CC(C)C(C(C)C)N1C(=O)c2ccc3c4ccc5c6c(cc(C#C[Si](C)C)c(c7ccc(c2c37)C1=O)c64)C(=O)N(C(C(C)C)C(C)C)C5=O. The highest BCUT2D eigenvalue weighted by atomic mass is 28.3. The summed E-state index contributed by atoms with van der Waals surface area (Å²) in [4.78, 5) is 60.3. The first-order chi connectivity index (χ1) is 23.2. The molecule has 7 rings (SSSR count). The second kappa shape index (κ2) is 11.5. The lowest BCUT2D eigenvalue weighted by atomic mass is 9.79. The van der Waals surface area contributed by atoms with Crippen molar-refractivity contribution in [3.8, 4) is 11.5 Å². The van der Waals surface area contributed by atoms with Gasteiger partial charge in [-0.25, -0.2) is 0 Å². The zero-order valence-corrected chi connectivity index (χ0v) is 31.0. The van der Waals surface area contributed by atoms with Gasteiger partial charge in [-0.3, -0.25) is 29.0 Å². The van der Waals surface area contributed by atoms with E-state index in [1.54, 1.807) is 0 Å². The maximum absolute atomic E-state index is 14.5. The van der Waals surface area contributed by atoms with Crippen LogP contribution in [-0.4, -0.2) is 54.3 Å². The van der Waals surface area contributed by atoms with Crippen molar-refractivity contribution in [2.45, 2.75) is 80.6 Å². The van der Waals surface area contributed by atoms with Gasteiger partial charge in [-0.2, -0.15) is 0 Å². The zero-order valence-electron chi connectivity index (χ0n) is 30.0. The maximum Gasteiger partial charge on any atom is 0.261 e. The van der Waals surface area contributed by atoms with Crippen molar-refractivity contribution in [1.29, 1.82) is 0 Å². The van der Waals surface area contributed by atoms with Gasteiger partial charge in [0.1, 0.15) is 8.80 Å². The van der Waals surface area contributed by atoms with Gasteiger partial charge in [0.25, 0.3) is 23.6 Å². The van der Waals surface area contributed by atoms with Crippen molar-refractivity contribution in [3.63, 3.8) is 0 Å². The van der Waals surface area contributed by atoms with Gasteiger partial charge < -0.3 is 0 Å². The van der Waals surface area contributed by atoms with E-state index < -0.39 is 8.80 Å². The summed E-state index contributed by atoms with van der Waals surface area (Å²) < 4.78 is 0. The summed E-state index contributed by atoms with van der Waals surface area (Å²) in [6, 6.07) is 12.9. The molecule has 0 saturated heterocycles. The van der Waals surface area contributed by atoms with Gasteiger partial charge >= 0.3 is 0 Å². The molecule has 0 aromatic heterocycles. The minimum atomic E-state index is -0.950. The van der Waals surface area contributed by atoms with Crippen LogP contribution in [0.3, 0.4) is 0 Å². The highest BCUT2D eigenvalue weighted by Gasteiger charge is 2.43. The Morgan fingerprint density at radius 3 is 1.31 bits per heavy atom. The van der Waals surface area contributed by atoms with Crippen molar-refractivity contribution in [3.05, 3.63) is 70.3 Å². The van der Waals surface area contributed by atoms with Crippen LogP contribution in [0.2, 0.25) is 13.1 Å². The minimum absolute atomic E-state index is 0.0797. The lowest BCUT2D eigenvalue weighted by Crippen LogP contribution is -2.51. The molecule has 2 aliphatic rings. The number of hydrogen-bond acceptors (Lipinski definition) is 4. The molecule has 0 fully saturated rings. The normalized spacial score (nSPS) is 15.1. The fourth-order valence-corrected chi connectivity index (χ4v) is 9.35. The van der Waals surface area contributed by atoms with E-state index in [4.69, 9.17) is 0 Å². The van der Waals surface area contributed by atoms with E-state index in [9.17, 15) is 19.2 Å². The van der Waals surface area contributed by atoms with Crippen molar-refractivity contribution in [1.82, 2.24) is 9.80 Å². The average molecular weight is 668 g/mol. The Balaban J connectivity index is 1.60. The molecular weight excluding hydrogens is 625 g/mol. The molecule has 0 bridgehead atoms. The molecule has 2 aliphatic heterocycles. The monoisotopic (exact) mass is 667 g/mol. The van der Waals surface area contributed by atoms with Crippen molar-refractivity contribution in [2.24, 2.45) is 23.7 Å². The summed E-state index contributed by atoms with van der Waals surface area (Å²) in [7, 11) is -0.950. The number of rotatable bonds is 6. The Morgan fingerprint density at radius 2 is 0.878 bits per heavy atom. The first-order valence-corrected chi connectivity index (χ1v) is 20.0. The highest BCUT2D eigenvalue weighted by Crippen LogP contribution is 2.48. The third-order valence-corrected chi connectivity index (χ3v) is 11.2. The molecule has 249 valence electrons. The molecule has 0 saturated carbocycles. The molecule has 0 spiro atoms. The van der Waals surface area contributed by atoms with Crippen LogP contribution >= 0.6 is 0 Å². The summed E-state index contributed by atoms with van der Waals surface area (Å²) in [5.41, 5.74) is 6.19. The van der Waals surface area contributed by atoms with Gasteiger partial charge in [-0.1, -0.05) is 92.6 Å². The molecule has 6 nitrogen and oxygen atoms in total. The molecule has 0 atom stereocenters. The largest absolute Gasteiger partial charge is 0.271 e. The van der Waals surface area contributed by atoms with Crippen LogP contribution in [0.15, 0.2) is 42.5 Å². The molecule has 0 N–H and O–H groups in total.